The van der Waals surface area contributed by atoms with Gasteiger partial charge in [-0.05, 0) is 25.7 Å². The Morgan fingerprint density at radius 2 is 2.05 bits per heavy atom. The van der Waals surface area contributed by atoms with Crippen LogP contribution in [0.5, 0.6) is 0 Å². The van der Waals surface area contributed by atoms with Gasteiger partial charge in [-0.15, -0.1) is 0 Å². The Labute approximate surface area is 114 Å². The second-order valence-corrected chi connectivity index (χ2v) is 9.08. The van der Waals surface area contributed by atoms with E-state index in [1.54, 1.807) is 4.90 Å². The van der Waals surface area contributed by atoms with E-state index in [2.05, 4.69) is 0 Å². The highest BCUT2D eigenvalue weighted by Gasteiger charge is 2.57. The maximum Gasteiger partial charge on any atom is 0.228 e. The van der Waals surface area contributed by atoms with Crippen molar-refractivity contribution in [3.05, 3.63) is 0 Å². The van der Waals surface area contributed by atoms with E-state index in [0.717, 1.165) is 19.3 Å². The number of fused-ring (bicyclic) bond motifs is 1. The van der Waals surface area contributed by atoms with Crippen molar-refractivity contribution in [3.63, 3.8) is 0 Å². The van der Waals surface area contributed by atoms with E-state index in [9.17, 15) is 13.2 Å². The van der Waals surface area contributed by atoms with Gasteiger partial charge in [-0.2, -0.15) is 0 Å². The first-order chi connectivity index (χ1) is 8.83. The van der Waals surface area contributed by atoms with Gasteiger partial charge in [0.15, 0.2) is 9.84 Å². The number of carbonyl (C=O) groups excluding carboxylic acids is 1. The molecule has 19 heavy (non-hydrogen) atoms. The molecule has 3 aliphatic rings. The summed E-state index contributed by atoms with van der Waals surface area (Å²) < 4.78 is 24.5. The molecule has 6 heteroatoms. The molecule has 2 heterocycles. The monoisotopic (exact) mass is 286 g/mol. The molecule has 0 aromatic rings. The summed E-state index contributed by atoms with van der Waals surface area (Å²) in [5.41, 5.74) is 5.26. The Balaban J connectivity index is 1.89. The summed E-state index contributed by atoms with van der Waals surface area (Å²) in [7, 11) is -3.10. The fraction of sp³-hybridized carbons (Fsp3) is 0.923. The summed E-state index contributed by atoms with van der Waals surface area (Å²) >= 11 is 0. The van der Waals surface area contributed by atoms with Crippen molar-refractivity contribution in [2.45, 2.75) is 37.9 Å². The van der Waals surface area contributed by atoms with Crippen LogP contribution in [0.15, 0.2) is 0 Å². The molecule has 2 unspecified atom stereocenters. The highest BCUT2D eigenvalue weighted by Crippen LogP contribution is 2.50. The first-order valence-electron chi connectivity index (χ1n) is 7.04. The molecule has 1 amide bonds. The van der Waals surface area contributed by atoms with Gasteiger partial charge in [0.1, 0.15) is 0 Å². The Kier molecular flexibility index (Phi) is 2.78. The number of nitrogens with two attached hydrogens (primary N) is 1. The topological polar surface area (TPSA) is 80.5 Å². The smallest absolute Gasteiger partial charge is 0.228 e. The number of nitrogens with zero attached hydrogens (tertiary/aromatic N) is 1. The number of hydrogen-bond donors (Lipinski definition) is 1. The van der Waals surface area contributed by atoms with Gasteiger partial charge in [-0.3, -0.25) is 4.79 Å². The van der Waals surface area contributed by atoms with E-state index >= 15 is 0 Å². The van der Waals surface area contributed by atoms with Crippen LogP contribution in [0.2, 0.25) is 0 Å². The standard InChI is InChI=1S/C13H22N2O3S/c1-12(4-5-12)11(16)15-7-10-13(8-14,9-15)3-2-6-19(10,17)18/h10H,2-9,14H2,1H3. The number of likely N-dealkylation sites (tertiary alicyclic amines) is 1. The van der Waals surface area contributed by atoms with Crippen LogP contribution in [0.4, 0.5) is 0 Å². The number of sulfone groups is 1. The maximum atomic E-state index is 12.4. The van der Waals surface area contributed by atoms with Crippen molar-refractivity contribution in [2.24, 2.45) is 16.6 Å². The number of hydrogen-bond acceptors (Lipinski definition) is 4. The van der Waals surface area contributed by atoms with E-state index in [4.69, 9.17) is 5.73 Å². The predicted octanol–water partition coefficient (Wildman–Crippen LogP) is 0.151. The third kappa shape index (κ3) is 1.91. The van der Waals surface area contributed by atoms with Crippen LogP contribution in [0, 0.1) is 10.8 Å². The van der Waals surface area contributed by atoms with Crippen molar-refractivity contribution in [1.29, 1.82) is 0 Å². The van der Waals surface area contributed by atoms with Crippen LogP contribution in [-0.2, 0) is 14.6 Å². The highest BCUT2D eigenvalue weighted by atomic mass is 32.2. The molecule has 0 spiro atoms. The second kappa shape index (κ2) is 3.95. The molecule has 2 atom stereocenters. The van der Waals surface area contributed by atoms with Crippen LogP contribution < -0.4 is 5.73 Å². The zero-order valence-electron chi connectivity index (χ0n) is 11.4. The molecule has 1 saturated carbocycles. The summed E-state index contributed by atoms with van der Waals surface area (Å²) in [6.45, 7) is 3.22. The molecule has 2 saturated heterocycles. The summed E-state index contributed by atoms with van der Waals surface area (Å²) in [6, 6.07) is 0. The lowest BCUT2D eigenvalue weighted by molar-refractivity contribution is -0.135. The predicted molar refractivity (Wildman–Crippen MR) is 72.2 cm³/mol. The number of amides is 1. The Bertz CT molecular complexity index is 512. The van der Waals surface area contributed by atoms with Gasteiger partial charge in [0, 0.05) is 30.5 Å². The first-order valence-corrected chi connectivity index (χ1v) is 8.76. The van der Waals surface area contributed by atoms with Gasteiger partial charge in [-0.25, -0.2) is 8.42 Å². The van der Waals surface area contributed by atoms with E-state index in [0.29, 0.717) is 26.1 Å². The molecule has 3 fully saturated rings. The van der Waals surface area contributed by atoms with E-state index < -0.39 is 20.5 Å². The number of rotatable bonds is 2. The van der Waals surface area contributed by atoms with Gasteiger partial charge < -0.3 is 10.6 Å². The van der Waals surface area contributed by atoms with E-state index in [-0.39, 0.29) is 17.1 Å². The lowest BCUT2D eigenvalue weighted by atomic mass is 9.82. The molecule has 1 aliphatic carbocycles. The molecule has 0 radical (unpaired) electrons. The zero-order valence-corrected chi connectivity index (χ0v) is 12.2. The SMILES string of the molecule is CC1(C(=O)N2CC3C(CN)(CCCS3(=O)=O)C2)CC1. The van der Waals surface area contributed by atoms with Crippen LogP contribution in [0.3, 0.4) is 0 Å². The molecule has 3 rings (SSSR count). The largest absolute Gasteiger partial charge is 0.340 e. The minimum absolute atomic E-state index is 0.130. The number of carbonyl (C=O) groups is 1. The summed E-state index contributed by atoms with van der Waals surface area (Å²) in [5.74, 6) is 0.378. The summed E-state index contributed by atoms with van der Waals surface area (Å²) in [4.78, 5) is 14.2. The fourth-order valence-corrected chi connectivity index (χ4v) is 5.97. The molecular formula is C13H22N2O3S. The molecule has 5 nitrogen and oxygen atoms in total. The minimum atomic E-state index is -3.10. The average molecular weight is 286 g/mol. The second-order valence-electron chi connectivity index (χ2n) is 6.77. The van der Waals surface area contributed by atoms with E-state index in [1.807, 2.05) is 6.92 Å². The van der Waals surface area contributed by atoms with Crippen molar-refractivity contribution >= 4 is 15.7 Å². The Morgan fingerprint density at radius 1 is 1.37 bits per heavy atom. The first kappa shape index (κ1) is 13.4. The quantitative estimate of drug-likeness (QED) is 0.783. The van der Waals surface area contributed by atoms with Gasteiger partial charge >= 0.3 is 0 Å². The van der Waals surface area contributed by atoms with Gasteiger partial charge in [-0.1, -0.05) is 6.92 Å². The lowest BCUT2D eigenvalue weighted by Gasteiger charge is -2.36. The Morgan fingerprint density at radius 3 is 2.58 bits per heavy atom. The third-order valence-electron chi connectivity index (χ3n) is 5.32. The molecule has 0 bridgehead atoms. The van der Waals surface area contributed by atoms with Gasteiger partial charge in [0.05, 0.1) is 11.0 Å². The van der Waals surface area contributed by atoms with Crippen molar-refractivity contribution in [1.82, 2.24) is 4.90 Å². The van der Waals surface area contributed by atoms with Crippen molar-refractivity contribution < 1.29 is 13.2 Å². The van der Waals surface area contributed by atoms with Crippen molar-refractivity contribution in [2.75, 3.05) is 25.4 Å². The third-order valence-corrected chi connectivity index (χ3v) is 7.70. The van der Waals surface area contributed by atoms with Crippen molar-refractivity contribution in [3.8, 4) is 0 Å². The van der Waals surface area contributed by atoms with Crippen LogP contribution in [0.1, 0.15) is 32.6 Å². The summed E-state index contributed by atoms with van der Waals surface area (Å²) in [5, 5.41) is -0.440. The zero-order chi connectivity index (χ0) is 13.9. The molecule has 2 aliphatic heterocycles. The Hall–Kier alpha value is -0.620. The normalized spacial score (nSPS) is 38.8. The minimum Gasteiger partial charge on any atom is -0.340 e. The van der Waals surface area contributed by atoms with Crippen LogP contribution >= 0.6 is 0 Å². The average Bonchev–Trinajstić information content (AvgIpc) is 2.97. The van der Waals surface area contributed by atoms with E-state index in [1.165, 1.54) is 0 Å². The molecule has 2 N–H and O–H groups in total. The van der Waals surface area contributed by atoms with Crippen LogP contribution in [0.25, 0.3) is 0 Å². The molecule has 0 aromatic heterocycles. The fourth-order valence-electron chi connectivity index (χ4n) is 3.68. The molecule has 0 aromatic carbocycles. The molecule has 108 valence electrons. The van der Waals surface area contributed by atoms with Gasteiger partial charge in [0.2, 0.25) is 5.91 Å². The van der Waals surface area contributed by atoms with Crippen LogP contribution in [-0.4, -0.2) is 49.9 Å². The molecular weight excluding hydrogens is 264 g/mol. The highest BCUT2D eigenvalue weighted by molar-refractivity contribution is 7.92. The lowest BCUT2D eigenvalue weighted by Crippen LogP contribution is -2.49. The van der Waals surface area contributed by atoms with Gasteiger partial charge in [0.25, 0.3) is 0 Å². The summed E-state index contributed by atoms with van der Waals surface area (Å²) in [6.07, 6.45) is 3.36. The maximum absolute atomic E-state index is 12.4.